The van der Waals surface area contributed by atoms with Gasteiger partial charge in [0.25, 0.3) is 0 Å². The van der Waals surface area contributed by atoms with E-state index in [1.54, 1.807) is 13.3 Å². The molecule has 1 aromatic carbocycles. The van der Waals surface area contributed by atoms with Crippen LogP contribution in [0.2, 0.25) is 0 Å². The number of ether oxygens (including phenoxy) is 1. The van der Waals surface area contributed by atoms with Gasteiger partial charge in [0.1, 0.15) is 17.5 Å². The largest absolute Gasteiger partial charge is 0.497 e. The van der Waals surface area contributed by atoms with Crippen molar-refractivity contribution in [2.75, 3.05) is 12.4 Å². The fourth-order valence-corrected chi connectivity index (χ4v) is 2.79. The number of hydrogen-bond acceptors (Lipinski definition) is 5. The summed E-state index contributed by atoms with van der Waals surface area (Å²) in [6.07, 6.45) is 1.71. The van der Waals surface area contributed by atoms with Crippen molar-refractivity contribution in [2.45, 2.75) is 20.8 Å². The molecule has 0 saturated heterocycles. The van der Waals surface area contributed by atoms with Crippen LogP contribution in [0.1, 0.15) is 22.5 Å². The quantitative estimate of drug-likeness (QED) is 0.753. The Hall–Kier alpha value is -3.33. The van der Waals surface area contributed by atoms with Gasteiger partial charge in [-0.1, -0.05) is 6.07 Å². The van der Waals surface area contributed by atoms with Crippen molar-refractivity contribution in [3.8, 4) is 23.1 Å². The summed E-state index contributed by atoms with van der Waals surface area (Å²) in [7, 11) is 1.63. The summed E-state index contributed by atoms with van der Waals surface area (Å²) in [6.45, 7) is 5.86. The van der Waals surface area contributed by atoms with E-state index >= 15 is 0 Å². The highest BCUT2D eigenvalue weighted by Gasteiger charge is 2.15. The zero-order valence-electron chi connectivity index (χ0n) is 14.6. The highest BCUT2D eigenvalue weighted by Crippen LogP contribution is 2.29. The van der Waals surface area contributed by atoms with Crippen LogP contribution in [0.3, 0.4) is 0 Å². The second-order valence-electron chi connectivity index (χ2n) is 5.81. The molecule has 3 rings (SSSR count). The lowest BCUT2D eigenvalue weighted by atomic mass is 10.1. The van der Waals surface area contributed by atoms with Crippen molar-refractivity contribution in [3.05, 3.63) is 53.0 Å². The van der Waals surface area contributed by atoms with Crippen molar-refractivity contribution in [1.82, 2.24) is 15.0 Å². The molecule has 6 heteroatoms. The van der Waals surface area contributed by atoms with E-state index in [1.807, 2.05) is 45.0 Å². The SMILES string of the molecule is COc1ccc(C)c(Nc2nccc(-c3c(C)[nH]c(C#N)c3C)n2)c1. The van der Waals surface area contributed by atoms with Gasteiger partial charge in [-0.05, 0) is 44.0 Å². The molecular weight excluding hydrogens is 314 g/mol. The number of H-pyrrole nitrogens is 1. The summed E-state index contributed by atoms with van der Waals surface area (Å²) in [4.78, 5) is 12.0. The average Bonchev–Trinajstić information content (AvgIpc) is 2.91. The van der Waals surface area contributed by atoms with Crippen LogP contribution in [0, 0.1) is 32.1 Å². The Labute approximate surface area is 146 Å². The smallest absolute Gasteiger partial charge is 0.227 e. The van der Waals surface area contributed by atoms with Crippen LogP contribution in [0.15, 0.2) is 30.5 Å². The van der Waals surface area contributed by atoms with Crippen LogP contribution in [0.5, 0.6) is 5.75 Å². The molecule has 0 unspecified atom stereocenters. The molecule has 126 valence electrons. The lowest BCUT2D eigenvalue weighted by Crippen LogP contribution is -2.00. The minimum absolute atomic E-state index is 0.493. The molecule has 2 aromatic heterocycles. The van der Waals surface area contributed by atoms with E-state index in [4.69, 9.17) is 4.74 Å². The van der Waals surface area contributed by atoms with E-state index in [9.17, 15) is 5.26 Å². The molecule has 0 atom stereocenters. The highest BCUT2D eigenvalue weighted by molar-refractivity contribution is 5.71. The summed E-state index contributed by atoms with van der Waals surface area (Å²) < 4.78 is 5.27. The van der Waals surface area contributed by atoms with Gasteiger partial charge >= 0.3 is 0 Å². The molecular formula is C19H19N5O. The van der Waals surface area contributed by atoms with E-state index in [1.165, 1.54) is 0 Å². The monoisotopic (exact) mass is 333 g/mol. The number of aromatic nitrogens is 3. The lowest BCUT2D eigenvalue weighted by Gasteiger charge is -2.11. The molecule has 0 bridgehead atoms. The van der Waals surface area contributed by atoms with Crippen molar-refractivity contribution in [2.24, 2.45) is 0 Å². The van der Waals surface area contributed by atoms with Crippen LogP contribution in [0.4, 0.5) is 11.6 Å². The molecule has 25 heavy (non-hydrogen) atoms. The van der Waals surface area contributed by atoms with E-state index < -0.39 is 0 Å². The van der Waals surface area contributed by atoms with Gasteiger partial charge < -0.3 is 15.0 Å². The van der Waals surface area contributed by atoms with Gasteiger partial charge in [0.2, 0.25) is 5.95 Å². The number of nitriles is 1. The molecule has 0 aliphatic heterocycles. The number of hydrogen-bond donors (Lipinski definition) is 2. The Kier molecular flexibility index (Phi) is 4.40. The maximum absolute atomic E-state index is 9.19. The van der Waals surface area contributed by atoms with Crippen LogP contribution >= 0.6 is 0 Å². The van der Waals surface area contributed by atoms with Gasteiger partial charge in [-0.15, -0.1) is 0 Å². The second kappa shape index (κ2) is 6.65. The molecule has 0 aliphatic rings. The van der Waals surface area contributed by atoms with Crippen molar-refractivity contribution in [1.29, 1.82) is 5.26 Å². The molecule has 3 aromatic rings. The first-order valence-corrected chi connectivity index (χ1v) is 7.88. The predicted molar refractivity (Wildman–Crippen MR) is 97.0 cm³/mol. The van der Waals surface area contributed by atoms with Crippen LogP contribution < -0.4 is 10.1 Å². The molecule has 6 nitrogen and oxygen atoms in total. The van der Waals surface area contributed by atoms with E-state index in [2.05, 4.69) is 26.3 Å². The van der Waals surface area contributed by atoms with E-state index in [-0.39, 0.29) is 0 Å². The summed E-state index contributed by atoms with van der Waals surface area (Å²) in [5, 5.41) is 12.4. The summed E-state index contributed by atoms with van der Waals surface area (Å²) >= 11 is 0. The molecule has 0 fully saturated rings. The normalized spacial score (nSPS) is 10.4. The van der Waals surface area contributed by atoms with Crippen LogP contribution in [-0.4, -0.2) is 22.1 Å². The fraction of sp³-hybridized carbons (Fsp3) is 0.211. The van der Waals surface area contributed by atoms with Crippen molar-refractivity contribution < 1.29 is 4.74 Å². The molecule has 2 heterocycles. The van der Waals surface area contributed by atoms with Gasteiger partial charge in [0.15, 0.2) is 0 Å². The third-order valence-corrected chi connectivity index (χ3v) is 4.15. The maximum Gasteiger partial charge on any atom is 0.227 e. The number of nitrogens with zero attached hydrogens (tertiary/aromatic N) is 3. The van der Waals surface area contributed by atoms with Crippen molar-refractivity contribution >= 4 is 11.6 Å². The topological polar surface area (TPSA) is 86.6 Å². The number of aromatic amines is 1. The van der Waals surface area contributed by atoms with Gasteiger partial charge in [-0.25, -0.2) is 9.97 Å². The van der Waals surface area contributed by atoms with Gasteiger partial charge in [0.05, 0.1) is 12.8 Å². The van der Waals surface area contributed by atoms with E-state index in [0.29, 0.717) is 11.6 Å². The third-order valence-electron chi connectivity index (χ3n) is 4.15. The van der Waals surface area contributed by atoms with Gasteiger partial charge in [0, 0.05) is 29.2 Å². The zero-order chi connectivity index (χ0) is 18.0. The summed E-state index contributed by atoms with van der Waals surface area (Å²) in [6, 6.07) is 9.81. The Bertz CT molecular complexity index is 968. The number of aryl methyl sites for hydroxylation is 2. The Balaban J connectivity index is 1.98. The number of rotatable bonds is 4. The second-order valence-corrected chi connectivity index (χ2v) is 5.81. The number of benzene rings is 1. The molecule has 2 N–H and O–H groups in total. The first-order valence-electron chi connectivity index (χ1n) is 7.88. The highest BCUT2D eigenvalue weighted by atomic mass is 16.5. The van der Waals surface area contributed by atoms with Crippen LogP contribution in [-0.2, 0) is 0 Å². The van der Waals surface area contributed by atoms with Gasteiger partial charge in [-0.3, -0.25) is 0 Å². The fourth-order valence-electron chi connectivity index (χ4n) is 2.79. The lowest BCUT2D eigenvalue weighted by molar-refractivity contribution is 0.415. The molecule has 0 radical (unpaired) electrons. The Morgan fingerprint density at radius 1 is 1.20 bits per heavy atom. The maximum atomic E-state index is 9.19. The molecule has 0 aliphatic carbocycles. The molecule has 0 amide bonds. The Morgan fingerprint density at radius 2 is 2.00 bits per heavy atom. The number of methoxy groups -OCH3 is 1. The first-order chi connectivity index (χ1) is 12.0. The summed E-state index contributed by atoms with van der Waals surface area (Å²) in [5.74, 6) is 1.26. The molecule has 0 spiro atoms. The molecule has 0 saturated carbocycles. The van der Waals surface area contributed by atoms with Gasteiger partial charge in [-0.2, -0.15) is 5.26 Å². The number of anilines is 2. The Morgan fingerprint density at radius 3 is 2.68 bits per heavy atom. The standard InChI is InChI=1S/C19H19N5O/c1-11-5-6-14(25-4)9-16(11)24-19-21-8-7-15(23-19)18-12(2)17(10-20)22-13(18)3/h5-9,22H,1-4H3,(H,21,23,24). The number of nitrogens with one attached hydrogen (secondary N) is 2. The minimum Gasteiger partial charge on any atom is -0.497 e. The van der Waals surface area contributed by atoms with Crippen LogP contribution in [0.25, 0.3) is 11.3 Å². The minimum atomic E-state index is 0.493. The third kappa shape index (κ3) is 3.17. The summed E-state index contributed by atoms with van der Waals surface area (Å²) in [5.41, 5.74) is 6.02. The van der Waals surface area contributed by atoms with Crippen molar-refractivity contribution in [3.63, 3.8) is 0 Å². The predicted octanol–water partition coefficient (Wildman–Crippen LogP) is 4.02. The van der Waals surface area contributed by atoms with E-state index in [0.717, 1.165) is 39.5 Å². The first kappa shape index (κ1) is 16.5. The average molecular weight is 333 g/mol. The zero-order valence-corrected chi connectivity index (χ0v) is 14.6.